The Bertz CT molecular complexity index is 1060. The Hall–Kier alpha value is -2.72. The van der Waals surface area contributed by atoms with E-state index in [9.17, 15) is 24.6 Å². The molecule has 0 aliphatic carbocycles. The first-order valence-electron chi connectivity index (χ1n) is 11.0. The third-order valence-electron chi connectivity index (χ3n) is 5.62. The van der Waals surface area contributed by atoms with E-state index < -0.39 is 17.6 Å². The Balaban J connectivity index is 1.94. The van der Waals surface area contributed by atoms with E-state index in [2.05, 4.69) is 0 Å². The van der Waals surface area contributed by atoms with Crippen molar-refractivity contribution in [2.75, 3.05) is 19.7 Å². The Labute approximate surface area is 196 Å². The fourth-order valence-corrected chi connectivity index (χ4v) is 5.28. The van der Waals surface area contributed by atoms with E-state index in [4.69, 9.17) is 9.72 Å². The highest BCUT2D eigenvalue weighted by Crippen LogP contribution is 2.37. The van der Waals surface area contributed by atoms with E-state index in [-0.39, 0.29) is 29.7 Å². The summed E-state index contributed by atoms with van der Waals surface area (Å²) in [6.45, 7) is 8.27. The van der Waals surface area contributed by atoms with Gasteiger partial charge in [-0.1, -0.05) is 0 Å². The molecular weight excluding hydrogens is 446 g/mol. The van der Waals surface area contributed by atoms with Crippen molar-refractivity contribution in [1.82, 2.24) is 14.5 Å². The van der Waals surface area contributed by atoms with Gasteiger partial charge in [0.1, 0.15) is 10.6 Å². The number of nitrogens with zero attached hydrogens (tertiary/aromatic N) is 3. The molecule has 1 aliphatic rings. The second kappa shape index (κ2) is 10.0. The van der Waals surface area contributed by atoms with Crippen molar-refractivity contribution in [1.29, 1.82) is 0 Å². The Kier molecular flexibility index (Phi) is 7.58. The number of pyridine rings is 1. The van der Waals surface area contributed by atoms with Gasteiger partial charge in [-0.25, -0.2) is 14.6 Å². The smallest absolute Gasteiger partial charge is 0.410 e. The van der Waals surface area contributed by atoms with Crippen LogP contribution in [-0.2, 0) is 11.2 Å². The minimum Gasteiger partial charge on any atom is -0.478 e. The molecule has 0 spiro atoms. The van der Waals surface area contributed by atoms with Crippen LogP contribution in [0.1, 0.15) is 65.6 Å². The molecule has 0 aromatic carbocycles. The molecule has 0 radical (unpaired) electrons. The van der Waals surface area contributed by atoms with E-state index in [1.54, 1.807) is 4.90 Å². The number of rotatable bonds is 6. The van der Waals surface area contributed by atoms with Gasteiger partial charge in [-0.05, 0) is 52.5 Å². The van der Waals surface area contributed by atoms with Gasteiger partial charge in [0.05, 0.1) is 17.3 Å². The monoisotopic (exact) mass is 477 g/mol. The number of carboxylic acid groups (broad SMARTS) is 1. The fraction of sp³-hybridized carbons (Fsp3) is 0.565. The zero-order valence-corrected chi connectivity index (χ0v) is 20.2. The summed E-state index contributed by atoms with van der Waals surface area (Å²) in [6, 6.07) is 2.10. The van der Waals surface area contributed by atoms with Crippen LogP contribution < -0.4 is 5.56 Å². The molecule has 2 aromatic heterocycles. The SMILES string of the molecule is Cc1nc([C@H](C2CCN(C(=O)OC(C)(C)C)CC2)n2cc(C(=O)O)ccc2=O)sc1CCO. The summed E-state index contributed by atoms with van der Waals surface area (Å²) in [6.07, 6.45) is 2.70. The third kappa shape index (κ3) is 6.00. The van der Waals surface area contributed by atoms with Crippen LogP contribution in [-0.4, -0.2) is 62.0 Å². The molecule has 0 unspecified atom stereocenters. The average molecular weight is 478 g/mol. The van der Waals surface area contributed by atoms with E-state index in [1.165, 1.54) is 34.2 Å². The van der Waals surface area contributed by atoms with E-state index in [0.717, 1.165) is 10.6 Å². The number of thiazole rings is 1. The molecule has 1 aliphatic heterocycles. The van der Waals surface area contributed by atoms with Crippen LogP contribution in [0.3, 0.4) is 0 Å². The second-order valence-electron chi connectivity index (χ2n) is 9.25. The largest absolute Gasteiger partial charge is 0.478 e. The minimum absolute atomic E-state index is 0.00410. The van der Waals surface area contributed by atoms with Crippen molar-refractivity contribution in [3.8, 4) is 0 Å². The number of aromatic carboxylic acids is 1. The first-order valence-corrected chi connectivity index (χ1v) is 11.8. The van der Waals surface area contributed by atoms with Gasteiger partial charge in [0.15, 0.2) is 0 Å². The molecule has 1 fully saturated rings. The maximum atomic E-state index is 12.8. The molecule has 0 bridgehead atoms. The molecule has 1 amide bonds. The summed E-state index contributed by atoms with van der Waals surface area (Å²) in [7, 11) is 0. The first-order chi connectivity index (χ1) is 15.5. The van der Waals surface area contributed by atoms with Gasteiger partial charge >= 0.3 is 12.1 Å². The number of likely N-dealkylation sites (tertiary alicyclic amines) is 1. The lowest BCUT2D eigenvalue weighted by atomic mass is 9.89. The lowest BCUT2D eigenvalue weighted by Gasteiger charge is -2.36. The maximum Gasteiger partial charge on any atom is 0.410 e. The molecule has 2 aromatic rings. The zero-order chi connectivity index (χ0) is 24.3. The molecule has 0 saturated carbocycles. The van der Waals surface area contributed by atoms with Crippen LogP contribution in [0.5, 0.6) is 0 Å². The second-order valence-corrected chi connectivity index (χ2v) is 10.4. The lowest BCUT2D eigenvalue weighted by molar-refractivity contribution is 0.0168. The number of aromatic nitrogens is 2. The Morgan fingerprint density at radius 1 is 1.27 bits per heavy atom. The fourth-order valence-electron chi connectivity index (χ4n) is 4.03. The number of carbonyl (C=O) groups is 2. The van der Waals surface area contributed by atoms with Crippen LogP contribution in [0, 0.1) is 12.8 Å². The van der Waals surface area contributed by atoms with Gasteiger partial charge in [-0.3, -0.25) is 4.79 Å². The Morgan fingerprint density at radius 3 is 2.52 bits per heavy atom. The molecule has 10 heteroatoms. The maximum absolute atomic E-state index is 12.8. The van der Waals surface area contributed by atoms with Gasteiger partial charge in [-0.15, -0.1) is 11.3 Å². The number of ether oxygens (including phenoxy) is 1. The van der Waals surface area contributed by atoms with Gasteiger partial charge in [0.25, 0.3) is 5.56 Å². The number of carboxylic acids is 1. The van der Waals surface area contributed by atoms with Gasteiger partial charge in [0.2, 0.25) is 0 Å². The normalized spacial score (nSPS) is 16.0. The number of piperidine rings is 1. The molecule has 3 heterocycles. The highest BCUT2D eigenvalue weighted by molar-refractivity contribution is 7.11. The van der Waals surface area contributed by atoms with Crippen LogP contribution >= 0.6 is 11.3 Å². The summed E-state index contributed by atoms with van der Waals surface area (Å²) < 4.78 is 6.94. The topological polar surface area (TPSA) is 122 Å². The van der Waals surface area contributed by atoms with Crippen molar-refractivity contribution >= 4 is 23.4 Å². The molecule has 3 rings (SSSR count). The summed E-state index contributed by atoms with van der Waals surface area (Å²) in [5.74, 6) is -1.14. The van der Waals surface area contributed by atoms with Crippen LogP contribution in [0.25, 0.3) is 0 Å². The number of hydrogen-bond donors (Lipinski definition) is 2. The molecule has 180 valence electrons. The number of aryl methyl sites for hydroxylation is 1. The highest BCUT2D eigenvalue weighted by atomic mass is 32.1. The summed E-state index contributed by atoms with van der Waals surface area (Å²) in [5, 5.41) is 19.5. The first kappa shape index (κ1) is 24.9. The number of aliphatic hydroxyl groups excluding tert-OH is 1. The van der Waals surface area contributed by atoms with Gasteiger partial charge < -0.3 is 24.4 Å². The Morgan fingerprint density at radius 2 is 1.94 bits per heavy atom. The summed E-state index contributed by atoms with van der Waals surface area (Å²) >= 11 is 1.44. The molecule has 2 N–H and O–H groups in total. The lowest BCUT2D eigenvalue weighted by Crippen LogP contribution is -2.44. The van der Waals surface area contributed by atoms with Crippen LogP contribution in [0.2, 0.25) is 0 Å². The van der Waals surface area contributed by atoms with Crippen molar-refractivity contribution in [3.05, 3.63) is 49.8 Å². The standard InChI is InChI=1S/C23H31N3O6S/c1-14-17(9-12-27)33-20(24-14)19(26-13-16(21(29)30)5-6-18(26)28)15-7-10-25(11-8-15)22(31)32-23(2,3)4/h5-6,13,15,19,27H,7-12H2,1-4H3,(H,29,30)/t19-/m0/s1. The third-order valence-corrected chi connectivity index (χ3v) is 6.91. The molecule has 9 nitrogen and oxygen atoms in total. The zero-order valence-electron chi connectivity index (χ0n) is 19.4. The summed E-state index contributed by atoms with van der Waals surface area (Å²) in [5.41, 5.74) is -0.0729. The van der Waals surface area contributed by atoms with Crippen molar-refractivity contribution < 1.29 is 24.5 Å². The number of amides is 1. The molecule has 33 heavy (non-hydrogen) atoms. The van der Waals surface area contributed by atoms with Crippen LogP contribution in [0.15, 0.2) is 23.1 Å². The minimum atomic E-state index is -1.11. The number of aliphatic hydroxyl groups is 1. The van der Waals surface area contributed by atoms with Gasteiger partial charge in [-0.2, -0.15) is 0 Å². The molecule has 1 atom stereocenters. The number of hydrogen-bond acceptors (Lipinski definition) is 7. The van der Waals surface area contributed by atoms with Crippen molar-refractivity contribution in [2.24, 2.45) is 5.92 Å². The molecule has 1 saturated heterocycles. The van der Waals surface area contributed by atoms with E-state index >= 15 is 0 Å². The number of carbonyl (C=O) groups excluding carboxylic acids is 1. The predicted molar refractivity (Wildman–Crippen MR) is 124 cm³/mol. The van der Waals surface area contributed by atoms with E-state index in [0.29, 0.717) is 37.4 Å². The van der Waals surface area contributed by atoms with Gasteiger partial charge in [0, 0.05) is 43.3 Å². The van der Waals surface area contributed by atoms with Crippen molar-refractivity contribution in [3.63, 3.8) is 0 Å². The van der Waals surface area contributed by atoms with E-state index in [1.807, 2.05) is 27.7 Å². The highest BCUT2D eigenvalue weighted by Gasteiger charge is 2.34. The van der Waals surface area contributed by atoms with Crippen molar-refractivity contribution in [2.45, 2.75) is 58.6 Å². The van der Waals surface area contributed by atoms with Crippen LogP contribution in [0.4, 0.5) is 4.79 Å². The predicted octanol–water partition coefficient (Wildman–Crippen LogP) is 3.08. The quantitative estimate of drug-likeness (QED) is 0.656. The average Bonchev–Trinajstić information content (AvgIpc) is 3.09. The molecular formula is C23H31N3O6S. The summed E-state index contributed by atoms with van der Waals surface area (Å²) in [4.78, 5) is 44.2.